The number of anilines is 1. The fourth-order valence-corrected chi connectivity index (χ4v) is 3.20. The van der Waals surface area contributed by atoms with E-state index in [1.54, 1.807) is 12.1 Å². The molecule has 0 aliphatic carbocycles. The minimum absolute atomic E-state index is 0.189. The molecule has 8 heteroatoms. The summed E-state index contributed by atoms with van der Waals surface area (Å²) in [6, 6.07) is 6.35. The molecule has 2 rings (SSSR count). The van der Waals surface area contributed by atoms with Gasteiger partial charge in [0, 0.05) is 26.2 Å². The summed E-state index contributed by atoms with van der Waals surface area (Å²) in [5.41, 5.74) is 0.409. The number of carbonyl (C=O) groups excluding carboxylic acids is 1. The number of hydrogen-bond acceptors (Lipinski definition) is 5. The molecule has 0 spiro atoms. The maximum Gasteiger partial charge on any atom is 0.339 e. The van der Waals surface area contributed by atoms with E-state index in [1.165, 1.54) is 23.5 Å². The van der Waals surface area contributed by atoms with Crippen molar-refractivity contribution in [3.05, 3.63) is 29.8 Å². The van der Waals surface area contributed by atoms with Crippen LogP contribution in [-0.2, 0) is 14.9 Å². The minimum atomic E-state index is -3.67. The number of hydrogen-bond donors (Lipinski definition) is 2. The first-order valence-electron chi connectivity index (χ1n) is 6.20. The lowest BCUT2D eigenvalue weighted by atomic mass is 10.2. The van der Waals surface area contributed by atoms with Crippen molar-refractivity contribution >= 4 is 21.9 Å². The highest BCUT2D eigenvalue weighted by atomic mass is 32.2. The van der Waals surface area contributed by atoms with Crippen molar-refractivity contribution in [3.8, 4) is 0 Å². The van der Waals surface area contributed by atoms with Crippen molar-refractivity contribution in [2.75, 3.05) is 38.0 Å². The highest BCUT2D eigenvalue weighted by molar-refractivity contribution is 7.90. The van der Waals surface area contributed by atoms with E-state index >= 15 is 0 Å². The third-order valence-electron chi connectivity index (χ3n) is 2.99. The first-order valence-corrected chi connectivity index (χ1v) is 7.64. The monoisotopic (exact) mass is 299 g/mol. The summed E-state index contributed by atoms with van der Waals surface area (Å²) in [5, 5.41) is 3.08. The molecule has 0 unspecified atom stereocenters. The van der Waals surface area contributed by atoms with Gasteiger partial charge < -0.3 is 10.1 Å². The predicted octanol–water partition coefficient (Wildman–Crippen LogP) is 0.0351. The fourth-order valence-electron chi connectivity index (χ4n) is 1.95. The van der Waals surface area contributed by atoms with Crippen molar-refractivity contribution in [1.82, 2.24) is 9.62 Å². The Morgan fingerprint density at radius 2 is 1.95 bits per heavy atom. The Bertz CT molecular complexity index is 582. The standard InChI is InChI=1S/C12H17N3O4S/c1-19-12(16)10-4-2-3-5-11(10)14-20(17,18)15-8-6-13-7-9-15/h2-5,13-14H,6-9H2,1H3. The third-order valence-corrected chi connectivity index (χ3v) is 4.51. The third kappa shape index (κ3) is 3.27. The number of benzene rings is 1. The minimum Gasteiger partial charge on any atom is -0.465 e. The molecule has 1 aliphatic heterocycles. The summed E-state index contributed by atoms with van der Waals surface area (Å²) in [6.07, 6.45) is 0. The molecule has 1 heterocycles. The second-order valence-corrected chi connectivity index (χ2v) is 5.96. The van der Waals surface area contributed by atoms with Gasteiger partial charge in [-0.2, -0.15) is 12.7 Å². The average Bonchev–Trinajstić information content (AvgIpc) is 2.47. The Kier molecular flexibility index (Phi) is 4.58. The molecular formula is C12H17N3O4S. The van der Waals surface area contributed by atoms with Gasteiger partial charge in [0.15, 0.2) is 0 Å². The molecule has 110 valence electrons. The molecule has 1 aromatic rings. The summed E-state index contributed by atoms with van der Waals surface area (Å²) in [7, 11) is -2.41. The Labute approximate surface area is 118 Å². The van der Waals surface area contributed by atoms with Crippen molar-refractivity contribution < 1.29 is 17.9 Å². The van der Waals surface area contributed by atoms with Gasteiger partial charge in [0.1, 0.15) is 0 Å². The van der Waals surface area contributed by atoms with Gasteiger partial charge in [0.25, 0.3) is 0 Å². The lowest BCUT2D eigenvalue weighted by Gasteiger charge is -2.27. The summed E-state index contributed by atoms with van der Waals surface area (Å²) in [4.78, 5) is 11.6. The van der Waals surface area contributed by atoms with Crippen LogP contribution in [0.2, 0.25) is 0 Å². The largest absolute Gasteiger partial charge is 0.465 e. The average molecular weight is 299 g/mol. The summed E-state index contributed by atoms with van der Waals surface area (Å²) in [6.45, 7) is 2.02. The van der Waals surface area contributed by atoms with E-state index in [9.17, 15) is 13.2 Å². The Balaban J connectivity index is 2.23. The summed E-state index contributed by atoms with van der Waals surface area (Å²) >= 11 is 0. The normalized spacial score (nSPS) is 16.6. The highest BCUT2D eigenvalue weighted by Gasteiger charge is 2.25. The molecule has 0 atom stereocenters. The molecule has 20 heavy (non-hydrogen) atoms. The van der Waals surface area contributed by atoms with Crippen LogP contribution in [-0.4, -0.2) is 52.0 Å². The van der Waals surface area contributed by atoms with Gasteiger partial charge in [-0.3, -0.25) is 4.72 Å². The first kappa shape index (κ1) is 14.8. The van der Waals surface area contributed by atoms with E-state index in [2.05, 4.69) is 14.8 Å². The van der Waals surface area contributed by atoms with Crippen LogP contribution >= 0.6 is 0 Å². The van der Waals surface area contributed by atoms with Crippen LogP contribution < -0.4 is 10.0 Å². The maximum atomic E-state index is 12.3. The number of nitrogens with one attached hydrogen (secondary N) is 2. The number of piperazine rings is 1. The zero-order valence-electron chi connectivity index (χ0n) is 11.1. The van der Waals surface area contributed by atoms with Crippen molar-refractivity contribution in [2.45, 2.75) is 0 Å². The van der Waals surface area contributed by atoms with Gasteiger partial charge in [-0.1, -0.05) is 12.1 Å². The fraction of sp³-hybridized carbons (Fsp3) is 0.417. The first-order chi connectivity index (χ1) is 9.54. The van der Waals surface area contributed by atoms with Crippen LogP contribution in [0.3, 0.4) is 0 Å². The van der Waals surface area contributed by atoms with Crippen LogP contribution in [0.4, 0.5) is 5.69 Å². The van der Waals surface area contributed by atoms with E-state index in [-0.39, 0.29) is 11.3 Å². The quantitative estimate of drug-likeness (QED) is 0.766. The molecule has 1 aliphatic rings. The predicted molar refractivity (Wildman–Crippen MR) is 74.8 cm³/mol. The van der Waals surface area contributed by atoms with Crippen molar-refractivity contribution in [2.24, 2.45) is 0 Å². The molecule has 1 aromatic carbocycles. The lowest BCUT2D eigenvalue weighted by Crippen LogP contribution is -2.48. The van der Waals surface area contributed by atoms with Crippen LogP contribution in [0.5, 0.6) is 0 Å². The van der Waals surface area contributed by atoms with Crippen LogP contribution in [0.25, 0.3) is 0 Å². The number of para-hydroxylation sites is 1. The molecule has 2 N–H and O–H groups in total. The number of rotatable bonds is 4. The second-order valence-electron chi connectivity index (χ2n) is 4.29. The highest BCUT2D eigenvalue weighted by Crippen LogP contribution is 2.18. The number of carbonyl (C=O) groups is 1. The molecule has 0 amide bonds. The van der Waals surface area contributed by atoms with Gasteiger partial charge in [-0.15, -0.1) is 0 Å². The topological polar surface area (TPSA) is 87.7 Å². The number of esters is 1. The molecule has 0 saturated carbocycles. The Morgan fingerprint density at radius 1 is 1.30 bits per heavy atom. The summed E-state index contributed by atoms with van der Waals surface area (Å²) in [5.74, 6) is -0.580. The van der Waals surface area contributed by atoms with E-state index in [4.69, 9.17) is 0 Å². The molecule has 0 bridgehead atoms. The maximum absolute atomic E-state index is 12.3. The molecule has 7 nitrogen and oxygen atoms in total. The van der Waals surface area contributed by atoms with Crippen LogP contribution in [0.1, 0.15) is 10.4 Å². The summed E-state index contributed by atoms with van der Waals surface area (Å²) < 4.78 is 32.9. The Hall–Kier alpha value is -1.64. The smallest absolute Gasteiger partial charge is 0.339 e. The van der Waals surface area contributed by atoms with Crippen LogP contribution in [0, 0.1) is 0 Å². The molecule has 1 fully saturated rings. The zero-order valence-corrected chi connectivity index (χ0v) is 11.9. The van der Waals surface area contributed by atoms with Gasteiger partial charge in [0.2, 0.25) is 0 Å². The number of ether oxygens (including phenoxy) is 1. The molecule has 1 saturated heterocycles. The number of methoxy groups -OCH3 is 1. The molecule has 0 radical (unpaired) electrons. The van der Waals surface area contributed by atoms with Crippen molar-refractivity contribution in [1.29, 1.82) is 0 Å². The van der Waals surface area contributed by atoms with Gasteiger partial charge >= 0.3 is 16.2 Å². The van der Waals surface area contributed by atoms with Gasteiger partial charge in [0.05, 0.1) is 18.4 Å². The van der Waals surface area contributed by atoms with Gasteiger partial charge in [-0.25, -0.2) is 4.79 Å². The van der Waals surface area contributed by atoms with E-state index in [1.807, 2.05) is 0 Å². The van der Waals surface area contributed by atoms with E-state index < -0.39 is 16.2 Å². The molecule has 0 aromatic heterocycles. The lowest BCUT2D eigenvalue weighted by molar-refractivity contribution is 0.0602. The van der Waals surface area contributed by atoms with Crippen LogP contribution in [0.15, 0.2) is 24.3 Å². The van der Waals surface area contributed by atoms with Gasteiger partial charge in [-0.05, 0) is 12.1 Å². The number of nitrogens with zero attached hydrogens (tertiary/aromatic N) is 1. The second kappa shape index (κ2) is 6.21. The van der Waals surface area contributed by atoms with Crippen molar-refractivity contribution in [3.63, 3.8) is 0 Å². The zero-order chi connectivity index (χ0) is 14.6. The Morgan fingerprint density at radius 3 is 2.60 bits per heavy atom. The van der Waals surface area contributed by atoms with E-state index in [0.29, 0.717) is 26.2 Å². The van der Waals surface area contributed by atoms with E-state index in [0.717, 1.165) is 0 Å². The molecular weight excluding hydrogens is 282 g/mol. The SMILES string of the molecule is COC(=O)c1ccccc1NS(=O)(=O)N1CCNCC1.